The zero-order valence-electron chi connectivity index (χ0n) is 14.2. The number of carbonyl (C=O) groups is 1. The van der Waals surface area contributed by atoms with Gasteiger partial charge in [0.25, 0.3) is 0 Å². The van der Waals surface area contributed by atoms with Gasteiger partial charge in [0.05, 0.1) is 18.1 Å². The maximum atomic E-state index is 12.2. The average molecular weight is 362 g/mol. The fourth-order valence-corrected chi connectivity index (χ4v) is 2.80. The lowest BCUT2D eigenvalue weighted by atomic mass is 10.1. The summed E-state index contributed by atoms with van der Waals surface area (Å²) in [6.07, 6.45) is 5.61. The van der Waals surface area contributed by atoms with Crippen molar-refractivity contribution in [1.82, 2.24) is 9.71 Å². The van der Waals surface area contributed by atoms with Gasteiger partial charge in [-0.2, -0.15) is 0 Å². The second-order valence-corrected chi connectivity index (χ2v) is 7.58. The minimum Gasteiger partial charge on any atom is -0.307 e. The van der Waals surface area contributed by atoms with E-state index in [2.05, 4.69) is 20.3 Å². The molecule has 0 aliphatic rings. The van der Waals surface area contributed by atoms with Crippen molar-refractivity contribution in [1.29, 1.82) is 0 Å². The molecule has 0 unspecified atom stereocenters. The number of nitrogens with one attached hydrogen (secondary N) is 3. The van der Waals surface area contributed by atoms with Gasteiger partial charge in [0, 0.05) is 18.4 Å². The SMILES string of the molecule is Cc1ccc(CCCNS(C)(=O)=O)c(NC(=O)Nc2cccnc2)c1. The minimum atomic E-state index is -3.18. The lowest BCUT2D eigenvalue weighted by molar-refractivity contribution is 0.262. The van der Waals surface area contributed by atoms with Crippen LogP contribution in [0.1, 0.15) is 17.5 Å². The van der Waals surface area contributed by atoms with E-state index in [1.165, 1.54) is 0 Å². The van der Waals surface area contributed by atoms with Crippen molar-refractivity contribution in [2.75, 3.05) is 23.4 Å². The number of hydrogen-bond acceptors (Lipinski definition) is 4. The molecule has 0 atom stereocenters. The Balaban J connectivity index is 1.99. The number of rotatable bonds is 7. The van der Waals surface area contributed by atoms with Gasteiger partial charge in [-0.3, -0.25) is 4.98 Å². The van der Waals surface area contributed by atoms with E-state index in [1.807, 2.05) is 25.1 Å². The molecular weight excluding hydrogens is 340 g/mol. The van der Waals surface area contributed by atoms with Crippen LogP contribution in [0.3, 0.4) is 0 Å². The molecule has 0 bridgehead atoms. The molecule has 2 rings (SSSR count). The number of anilines is 2. The molecule has 134 valence electrons. The molecule has 2 aromatic rings. The number of urea groups is 1. The summed E-state index contributed by atoms with van der Waals surface area (Å²) >= 11 is 0. The summed E-state index contributed by atoms with van der Waals surface area (Å²) < 4.78 is 24.6. The van der Waals surface area contributed by atoms with Gasteiger partial charge in [0.1, 0.15) is 0 Å². The Bertz CT molecular complexity index is 823. The highest BCUT2D eigenvalue weighted by Gasteiger charge is 2.08. The van der Waals surface area contributed by atoms with Gasteiger partial charge in [0.15, 0.2) is 0 Å². The van der Waals surface area contributed by atoms with E-state index in [0.717, 1.165) is 17.4 Å². The molecule has 1 aromatic carbocycles. The van der Waals surface area contributed by atoms with Crippen LogP contribution in [0.2, 0.25) is 0 Å². The van der Waals surface area contributed by atoms with Crippen molar-refractivity contribution in [2.24, 2.45) is 0 Å². The maximum Gasteiger partial charge on any atom is 0.323 e. The standard InChI is InChI=1S/C17H22N4O3S/c1-13-7-8-14(5-3-10-19-25(2,23)24)16(11-13)21-17(22)20-15-6-4-9-18-12-15/h4,6-9,11-12,19H,3,5,10H2,1-2H3,(H2,20,21,22). The molecule has 1 aromatic heterocycles. The lowest BCUT2D eigenvalue weighted by Crippen LogP contribution is -2.23. The number of pyridine rings is 1. The van der Waals surface area contributed by atoms with Crippen LogP contribution in [0.4, 0.5) is 16.2 Å². The topological polar surface area (TPSA) is 100 Å². The second kappa shape index (κ2) is 8.59. The van der Waals surface area contributed by atoms with E-state index in [9.17, 15) is 13.2 Å². The first-order chi connectivity index (χ1) is 11.8. The van der Waals surface area contributed by atoms with Crippen LogP contribution < -0.4 is 15.4 Å². The number of carbonyl (C=O) groups excluding carboxylic acids is 1. The Hall–Kier alpha value is -2.45. The summed E-state index contributed by atoms with van der Waals surface area (Å²) in [5.74, 6) is 0. The predicted octanol–water partition coefficient (Wildman–Crippen LogP) is 2.52. The van der Waals surface area contributed by atoms with Crippen molar-refractivity contribution < 1.29 is 13.2 Å². The molecule has 0 aliphatic carbocycles. The molecule has 0 saturated carbocycles. The molecule has 0 spiro atoms. The highest BCUT2D eigenvalue weighted by Crippen LogP contribution is 2.19. The summed E-state index contributed by atoms with van der Waals surface area (Å²) in [5, 5.41) is 5.56. The number of nitrogens with zero attached hydrogens (tertiary/aromatic N) is 1. The van der Waals surface area contributed by atoms with E-state index in [4.69, 9.17) is 0 Å². The Morgan fingerprint density at radius 3 is 2.68 bits per heavy atom. The first-order valence-corrected chi connectivity index (χ1v) is 9.75. The fraction of sp³-hybridized carbons (Fsp3) is 0.294. The van der Waals surface area contributed by atoms with E-state index in [0.29, 0.717) is 30.8 Å². The Labute approximate surface area is 147 Å². The van der Waals surface area contributed by atoms with Gasteiger partial charge in [0.2, 0.25) is 10.0 Å². The Kier molecular flexibility index (Phi) is 6.49. The molecule has 0 aliphatic heterocycles. The first kappa shape index (κ1) is 18.9. The lowest BCUT2D eigenvalue weighted by Gasteiger charge is -2.13. The zero-order valence-corrected chi connectivity index (χ0v) is 15.1. The molecule has 0 fully saturated rings. The predicted molar refractivity (Wildman–Crippen MR) is 99.2 cm³/mol. The summed E-state index contributed by atoms with van der Waals surface area (Å²) in [6, 6.07) is 8.93. The van der Waals surface area contributed by atoms with E-state index in [-0.39, 0.29) is 6.03 Å². The van der Waals surface area contributed by atoms with Gasteiger partial charge in [-0.15, -0.1) is 0 Å². The largest absolute Gasteiger partial charge is 0.323 e. The maximum absolute atomic E-state index is 12.2. The number of hydrogen-bond donors (Lipinski definition) is 3. The van der Waals surface area contributed by atoms with Crippen molar-refractivity contribution in [3.05, 3.63) is 53.9 Å². The highest BCUT2D eigenvalue weighted by atomic mass is 32.2. The fourth-order valence-electron chi connectivity index (χ4n) is 2.28. The molecule has 8 heteroatoms. The van der Waals surface area contributed by atoms with E-state index >= 15 is 0 Å². The quantitative estimate of drug-likeness (QED) is 0.659. The van der Waals surface area contributed by atoms with Crippen LogP contribution in [-0.2, 0) is 16.4 Å². The minimum absolute atomic E-state index is 0.353. The Morgan fingerprint density at radius 2 is 2.00 bits per heavy atom. The third kappa shape index (κ3) is 6.90. The molecule has 2 amide bonds. The molecule has 3 N–H and O–H groups in total. The molecular formula is C17H22N4O3S. The number of aromatic nitrogens is 1. The van der Waals surface area contributed by atoms with Gasteiger partial charge < -0.3 is 10.6 Å². The van der Waals surface area contributed by atoms with Gasteiger partial charge in [-0.1, -0.05) is 12.1 Å². The molecule has 0 radical (unpaired) electrons. The summed E-state index contributed by atoms with van der Waals surface area (Å²) in [5.41, 5.74) is 3.28. The third-order valence-corrected chi connectivity index (χ3v) is 4.15. The number of sulfonamides is 1. The van der Waals surface area contributed by atoms with Gasteiger partial charge in [-0.25, -0.2) is 17.9 Å². The second-order valence-electron chi connectivity index (χ2n) is 5.75. The molecule has 0 saturated heterocycles. The number of benzene rings is 1. The van der Waals surface area contributed by atoms with Crippen molar-refractivity contribution in [2.45, 2.75) is 19.8 Å². The number of amides is 2. The van der Waals surface area contributed by atoms with E-state index in [1.54, 1.807) is 24.5 Å². The van der Waals surface area contributed by atoms with Crippen LogP contribution in [0.15, 0.2) is 42.7 Å². The van der Waals surface area contributed by atoms with Crippen molar-refractivity contribution in [3.8, 4) is 0 Å². The average Bonchev–Trinajstić information content (AvgIpc) is 2.53. The molecule has 7 nitrogen and oxygen atoms in total. The van der Waals surface area contributed by atoms with Gasteiger partial charge in [-0.05, 0) is 49.1 Å². The van der Waals surface area contributed by atoms with Crippen LogP contribution in [0.5, 0.6) is 0 Å². The molecule has 1 heterocycles. The van der Waals surface area contributed by atoms with Crippen LogP contribution >= 0.6 is 0 Å². The third-order valence-electron chi connectivity index (χ3n) is 3.42. The van der Waals surface area contributed by atoms with Crippen LogP contribution in [0.25, 0.3) is 0 Å². The first-order valence-electron chi connectivity index (χ1n) is 7.86. The molecule has 25 heavy (non-hydrogen) atoms. The van der Waals surface area contributed by atoms with Crippen molar-refractivity contribution in [3.63, 3.8) is 0 Å². The van der Waals surface area contributed by atoms with Crippen LogP contribution in [-0.4, -0.2) is 32.2 Å². The normalized spacial score (nSPS) is 11.1. The smallest absolute Gasteiger partial charge is 0.307 e. The van der Waals surface area contributed by atoms with E-state index < -0.39 is 10.0 Å². The highest BCUT2D eigenvalue weighted by molar-refractivity contribution is 7.88. The summed E-state index contributed by atoms with van der Waals surface area (Å²) in [4.78, 5) is 16.1. The monoisotopic (exact) mass is 362 g/mol. The van der Waals surface area contributed by atoms with Crippen molar-refractivity contribution >= 4 is 27.4 Å². The zero-order chi connectivity index (χ0) is 18.3. The van der Waals surface area contributed by atoms with Gasteiger partial charge >= 0.3 is 6.03 Å². The number of aryl methyl sites for hydroxylation is 2. The van der Waals surface area contributed by atoms with Crippen LogP contribution in [0, 0.1) is 6.92 Å². The summed E-state index contributed by atoms with van der Waals surface area (Å²) in [6.45, 7) is 2.30. The Morgan fingerprint density at radius 1 is 1.20 bits per heavy atom. The summed E-state index contributed by atoms with van der Waals surface area (Å²) in [7, 11) is -3.18.